The van der Waals surface area contributed by atoms with Crippen LogP contribution in [0.25, 0.3) is 0 Å². The Kier molecular flexibility index (Phi) is 3.36. The molecule has 0 amide bonds. The standard InChI is InChI=1S/C15H16N.BrH/c1-16(15-9-3-2-4-10-15)11-13-7-5-6-8-14(13)12-16;/h2-10H,11-12H2,1H3;1H/q+1;/p-1. The van der Waals surface area contributed by atoms with Gasteiger partial charge in [0.1, 0.15) is 18.8 Å². The van der Waals surface area contributed by atoms with E-state index in [2.05, 4.69) is 61.6 Å². The molecule has 2 heteroatoms. The zero-order valence-electron chi connectivity index (χ0n) is 9.94. The second-order valence-corrected chi connectivity index (χ2v) is 4.82. The molecule has 17 heavy (non-hydrogen) atoms. The number of nitrogens with zero attached hydrogens (tertiary/aromatic N) is 1. The highest BCUT2D eigenvalue weighted by Gasteiger charge is 2.33. The Morgan fingerprint density at radius 3 is 1.76 bits per heavy atom. The smallest absolute Gasteiger partial charge is 0.133 e. The molecule has 3 rings (SSSR count). The maximum absolute atomic E-state index is 2.31. The third-order valence-electron chi connectivity index (χ3n) is 3.54. The van der Waals surface area contributed by atoms with Crippen LogP contribution in [0.1, 0.15) is 11.1 Å². The number of fused-ring (bicyclic) bond motifs is 1. The molecule has 0 N–H and O–H groups in total. The van der Waals surface area contributed by atoms with Gasteiger partial charge in [0.25, 0.3) is 0 Å². The highest BCUT2D eigenvalue weighted by atomic mass is 79.9. The first-order valence-electron chi connectivity index (χ1n) is 5.75. The molecule has 1 heterocycles. The Bertz CT molecular complexity index is 482. The van der Waals surface area contributed by atoms with E-state index in [-0.39, 0.29) is 17.0 Å². The summed E-state index contributed by atoms with van der Waals surface area (Å²) in [5, 5.41) is 0. The lowest BCUT2D eigenvalue weighted by Gasteiger charge is -2.28. The van der Waals surface area contributed by atoms with Crippen LogP contribution >= 0.6 is 0 Å². The van der Waals surface area contributed by atoms with Crippen molar-refractivity contribution >= 4 is 5.69 Å². The van der Waals surface area contributed by atoms with Crippen molar-refractivity contribution in [3.8, 4) is 0 Å². The average Bonchev–Trinajstić information content (AvgIpc) is 2.68. The summed E-state index contributed by atoms with van der Waals surface area (Å²) < 4.78 is 1.00. The molecular weight excluding hydrogens is 274 g/mol. The fourth-order valence-electron chi connectivity index (χ4n) is 2.64. The zero-order chi connectivity index (χ0) is 11.0. The third-order valence-corrected chi connectivity index (χ3v) is 3.54. The molecule has 0 spiro atoms. The summed E-state index contributed by atoms with van der Waals surface area (Å²) in [5.41, 5.74) is 4.39. The predicted molar refractivity (Wildman–Crippen MR) is 68.0 cm³/mol. The quantitative estimate of drug-likeness (QED) is 0.665. The summed E-state index contributed by atoms with van der Waals surface area (Å²) in [6, 6.07) is 19.6. The van der Waals surface area contributed by atoms with Crippen LogP contribution in [0.4, 0.5) is 5.69 Å². The molecule has 0 aromatic heterocycles. The van der Waals surface area contributed by atoms with Gasteiger partial charge in [-0.2, -0.15) is 0 Å². The number of halogens is 1. The molecule has 0 saturated carbocycles. The van der Waals surface area contributed by atoms with Crippen LogP contribution in [0.3, 0.4) is 0 Å². The molecule has 0 unspecified atom stereocenters. The molecule has 1 nitrogen and oxygen atoms in total. The fraction of sp³-hybridized carbons (Fsp3) is 0.200. The number of hydrogen-bond donors (Lipinski definition) is 0. The highest BCUT2D eigenvalue weighted by molar-refractivity contribution is 5.47. The lowest BCUT2D eigenvalue weighted by Crippen LogP contribution is -3.00. The minimum absolute atomic E-state index is 0. The first-order chi connectivity index (χ1) is 7.78. The first-order valence-corrected chi connectivity index (χ1v) is 5.75. The fourth-order valence-corrected chi connectivity index (χ4v) is 2.64. The van der Waals surface area contributed by atoms with Gasteiger partial charge >= 0.3 is 0 Å². The number of rotatable bonds is 1. The van der Waals surface area contributed by atoms with Gasteiger partial charge in [0.05, 0.1) is 7.05 Å². The maximum atomic E-state index is 2.31. The number of benzene rings is 2. The van der Waals surface area contributed by atoms with Gasteiger partial charge in [-0.1, -0.05) is 42.5 Å². The van der Waals surface area contributed by atoms with E-state index in [1.807, 2.05) is 0 Å². The molecular formula is C15H16BrN. The second-order valence-electron chi connectivity index (χ2n) is 4.82. The maximum Gasteiger partial charge on any atom is 0.133 e. The van der Waals surface area contributed by atoms with Gasteiger partial charge < -0.3 is 17.0 Å². The Morgan fingerprint density at radius 2 is 1.24 bits per heavy atom. The number of hydrogen-bond acceptors (Lipinski definition) is 0. The van der Waals surface area contributed by atoms with E-state index in [0.717, 1.165) is 17.6 Å². The second kappa shape index (κ2) is 4.63. The van der Waals surface area contributed by atoms with Crippen LogP contribution in [0.15, 0.2) is 54.6 Å². The topological polar surface area (TPSA) is 0 Å². The number of quaternary nitrogens is 1. The SMILES string of the molecule is C[N+]1(c2ccccc2)Cc2ccccc2C1.[Br-]. The largest absolute Gasteiger partial charge is 1.00 e. The molecule has 88 valence electrons. The Labute approximate surface area is 113 Å². The van der Waals surface area contributed by atoms with Crippen LogP contribution in [-0.4, -0.2) is 7.05 Å². The van der Waals surface area contributed by atoms with E-state index in [1.54, 1.807) is 0 Å². The summed E-state index contributed by atoms with van der Waals surface area (Å²) in [6.07, 6.45) is 0. The molecule has 1 aliphatic rings. The summed E-state index contributed by atoms with van der Waals surface area (Å²) >= 11 is 0. The molecule has 2 aromatic rings. The molecule has 0 aliphatic carbocycles. The molecule has 0 saturated heterocycles. The van der Waals surface area contributed by atoms with E-state index < -0.39 is 0 Å². The molecule has 0 fully saturated rings. The summed E-state index contributed by atoms with van der Waals surface area (Å²) in [5.74, 6) is 0. The summed E-state index contributed by atoms with van der Waals surface area (Å²) in [4.78, 5) is 0. The minimum Gasteiger partial charge on any atom is -1.00 e. The molecule has 0 radical (unpaired) electrons. The van der Waals surface area contributed by atoms with Gasteiger partial charge in [-0.15, -0.1) is 0 Å². The van der Waals surface area contributed by atoms with Crippen molar-refractivity contribution in [2.75, 3.05) is 7.05 Å². The Balaban J connectivity index is 0.00000108. The highest BCUT2D eigenvalue weighted by Crippen LogP contribution is 2.33. The van der Waals surface area contributed by atoms with Crippen molar-refractivity contribution in [3.05, 3.63) is 65.7 Å². The van der Waals surface area contributed by atoms with E-state index in [0.29, 0.717) is 0 Å². The van der Waals surface area contributed by atoms with Gasteiger partial charge in [-0.05, 0) is 12.1 Å². The Morgan fingerprint density at radius 1 is 0.765 bits per heavy atom. The van der Waals surface area contributed by atoms with E-state index in [4.69, 9.17) is 0 Å². The van der Waals surface area contributed by atoms with Crippen LogP contribution in [0, 0.1) is 0 Å². The van der Waals surface area contributed by atoms with Crippen LogP contribution in [-0.2, 0) is 13.1 Å². The van der Waals surface area contributed by atoms with Crippen molar-refractivity contribution in [1.29, 1.82) is 0 Å². The first kappa shape index (κ1) is 12.3. The lowest BCUT2D eigenvalue weighted by molar-refractivity contribution is -0.00000340. The van der Waals surface area contributed by atoms with Crippen molar-refractivity contribution in [3.63, 3.8) is 0 Å². The monoisotopic (exact) mass is 289 g/mol. The van der Waals surface area contributed by atoms with Crippen LogP contribution in [0.2, 0.25) is 0 Å². The van der Waals surface area contributed by atoms with Crippen molar-refractivity contribution in [1.82, 2.24) is 4.48 Å². The normalized spacial score (nSPS) is 16.1. The van der Waals surface area contributed by atoms with Crippen LogP contribution < -0.4 is 21.5 Å². The summed E-state index contributed by atoms with van der Waals surface area (Å²) in [6.45, 7) is 2.22. The third kappa shape index (κ3) is 2.15. The van der Waals surface area contributed by atoms with Gasteiger partial charge in [0.15, 0.2) is 0 Å². The van der Waals surface area contributed by atoms with Crippen molar-refractivity contribution < 1.29 is 17.0 Å². The average molecular weight is 290 g/mol. The molecule has 1 aliphatic heterocycles. The summed E-state index contributed by atoms with van der Waals surface area (Å²) in [7, 11) is 2.31. The van der Waals surface area contributed by atoms with Gasteiger partial charge in [-0.3, -0.25) is 4.48 Å². The number of para-hydroxylation sites is 1. The lowest BCUT2D eigenvalue weighted by atomic mass is 10.1. The molecule has 0 bridgehead atoms. The molecule has 0 atom stereocenters. The van der Waals surface area contributed by atoms with Crippen LogP contribution in [0.5, 0.6) is 0 Å². The molecule has 2 aromatic carbocycles. The van der Waals surface area contributed by atoms with E-state index >= 15 is 0 Å². The van der Waals surface area contributed by atoms with E-state index in [9.17, 15) is 0 Å². The van der Waals surface area contributed by atoms with Gasteiger partial charge in [-0.25, -0.2) is 0 Å². The van der Waals surface area contributed by atoms with Gasteiger partial charge in [0.2, 0.25) is 0 Å². The van der Waals surface area contributed by atoms with E-state index in [1.165, 1.54) is 16.8 Å². The zero-order valence-corrected chi connectivity index (χ0v) is 11.5. The predicted octanol–water partition coefficient (Wildman–Crippen LogP) is 0.341. The van der Waals surface area contributed by atoms with Crippen molar-refractivity contribution in [2.24, 2.45) is 0 Å². The minimum atomic E-state index is 0. The van der Waals surface area contributed by atoms with Crippen molar-refractivity contribution in [2.45, 2.75) is 13.1 Å². The van der Waals surface area contributed by atoms with Gasteiger partial charge in [0, 0.05) is 11.1 Å². The Hall–Kier alpha value is -1.12.